The van der Waals surface area contributed by atoms with Crippen LogP contribution in [-0.4, -0.2) is 67.2 Å². The largest absolute Gasteiger partial charge is 0.480 e. The van der Waals surface area contributed by atoms with E-state index in [1.807, 2.05) is 0 Å². The fourth-order valence-corrected chi connectivity index (χ4v) is 1.30. The molecule has 0 aliphatic carbocycles. The molecular weight excluding hydrogens is 282 g/mol. The van der Waals surface area contributed by atoms with Crippen LogP contribution in [0.15, 0.2) is 0 Å². The fourth-order valence-electron chi connectivity index (χ4n) is 1.30. The summed E-state index contributed by atoms with van der Waals surface area (Å²) in [5, 5.41) is 13.4. The van der Waals surface area contributed by atoms with Gasteiger partial charge in [0.1, 0.15) is 6.04 Å². The van der Waals surface area contributed by atoms with E-state index in [0.29, 0.717) is 6.54 Å². The lowest BCUT2D eigenvalue weighted by molar-refractivity contribution is -0.142. The van der Waals surface area contributed by atoms with E-state index in [-0.39, 0.29) is 25.3 Å². The summed E-state index contributed by atoms with van der Waals surface area (Å²) >= 11 is 0. The number of esters is 1. The van der Waals surface area contributed by atoms with Crippen molar-refractivity contribution in [1.82, 2.24) is 15.5 Å². The van der Waals surface area contributed by atoms with E-state index < -0.39 is 24.0 Å². The van der Waals surface area contributed by atoms with Gasteiger partial charge in [0, 0.05) is 20.0 Å². The van der Waals surface area contributed by atoms with Crippen molar-refractivity contribution in [2.75, 3.05) is 27.2 Å². The lowest BCUT2D eigenvalue weighted by atomic mass is 10.1. The number of carboxylic acids is 1. The summed E-state index contributed by atoms with van der Waals surface area (Å²) < 4.78 is 4.39. The summed E-state index contributed by atoms with van der Waals surface area (Å²) in [5.41, 5.74) is 0. The number of hydrogen-bond donors (Lipinski definition) is 3. The van der Waals surface area contributed by atoms with Crippen LogP contribution in [0.2, 0.25) is 0 Å². The molecule has 0 aromatic rings. The van der Waals surface area contributed by atoms with Crippen LogP contribution in [0.25, 0.3) is 0 Å². The van der Waals surface area contributed by atoms with Gasteiger partial charge in [-0.2, -0.15) is 0 Å². The van der Waals surface area contributed by atoms with Gasteiger partial charge in [0.05, 0.1) is 13.7 Å². The first-order valence-corrected chi connectivity index (χ1v) is 6.39. The Bertz CT molecular complexity index is 398. The second-order valence-electron chi connectivity index (χ2n) is 4.24. The maximum absolute atomic E-state index is 11.5. The lowest BCUT2D eigenvalue weighted by Crippen LogP contribution is -2.48. The highest BCUT2D eigenvalue weighted by Gasteiger charge is 2.21. The molecule has 120 valence electrons. The predicted molar refractivity (Wildman–Crippen MR) is 72.5 cm³/mol. The predicted octanol–water partition coefficient (Wildman–Crippen LogP) is -0.830. The van der Waals surface area contributed by atoms with E-state index in [1.165, 1.54) is 12.0 Å². The topological polar surface area (TPSA) is 125 Å². The summed E-state index contributed by atoms with van der Waals surface area (Å²) in [4.78, 5) is 46.3. The summed E-state index contributed by atoms with van der Waals surface area (Å²) in [7, 11) is 2.77. The van der Waals surface area contributed by atoms with E-state index in [1.54, 1.807) is 14.0 Å². The van der Waals surface area contributed by atoms with Gasteiger partial charge in [0.25, 0.3) is 0 Å². The molecule has 3 amide bonds. The molecule has 9 nitrogen and oxygen atoms in total. The van der Waals surface area contributed by atoms with Gasteiger partial charge < -0.3 is 25.4 Å². The minimum Gasteiger partial charge on any atom is -0.480 e. The molecule has 21 heavy (non-hydrogen) atoms. The molecule has 0 saturated heterocycles. The first-order chi connectivity index (χ1) is 9.81. The van der Waals surface area contributed by atoms with Gasteiger partial charge in [0.2, 0.25) is 5.91 Å². The first kappa shape index (κ1) is 18.7. The maximum atomic E-state index is 11.5. The molecule has 0 heterocycles. The Balaban J connectivity index is 4.26. The lowest BCUT2D eigenvalue weighted by Gasteiger charge is -2.17. The molecule has 0 aromatic carbocycles. The highest BCUT2D eigenvalue weighted by molar-refractivity contribution is 5.86. The van der Waals surface area contributed by atoms with E-state index >= 15 is 0 Å². The number of carbonyl (C=O) groups is 4. The Morgan fingerprint density at radius 2 is 1.90 bits per heavy atom. The standard InChI is InChI=1S/C12H21N3O6/c1-4-15(2)9(16)7-13-12(20)14-8(11(18)19)5-6-10(17)21-3/h8H,4-7H2,1-3H3,(H,18,19)(H2,13,14,20)/t8-/m0/s1. The normalized spacial score (nSPS) is 11.2. The summed E-state index contributed by atoms with van der Waals surface area (Å²) in [5.74, 6) is -2.14. The zero-order valence-electron chi connectivity index (χ0n) is 12.3. The first-order valence-electron chi connectivity index (χ1n) is 6.39. The smallest absolute Gasteiger partial charge is 0.326 e. The second-order valence-corrected chi connectivity index (χ2v) is 4.24. The average molecular weight is 303 g/mol. The average Bonchev–Trinajstić information content (AvgIpc) is 2.47. The van der Waals surface area contributed by atoms with Crippen LogP contribution in [0, 0.1) is 0 Å². The quantitative estimate of drug-likeness (QED) is 0.503. The van der Waals surface area contributed by atoms with Crippen molar-refractivity contribution in [3.8, 4) is 0 Å². The number of rotatable bonds is 8. The molecule has 0 unspecified atom stereocenters. The van der Waals surface area contributed by atoms with Crippen molar-refractivity contribution in [2.24, 2.45) is 0 Å². The number of hydrogen-bond acceptors (Lipinski definition) is 5. The monoisotopic (exact) mass is 303 g/mol. The Morgan fingerprint density at radius 1 is 1.29 bits per heavy atom. The molecule has 0 aliphatic rings. The second kappa shape index (κ2) is 9.56. The van der Waals surface area contributed by atoms with Gasteiger partial charge in [-0.1, -0.05) is 0 Å². The highest BCUT2D eigenvalue weighted by Crippen LogP contribution is 1.99. The number of likely N-dealkylation sites (N-methyl/N-ethyl adjacent to an activating group) is 1. The van der Waals surface area contributed by atoms with Crippen molar-refractivity contribution in [3.05, 3.63) is 0 Å². The summed E-state index contributed by atoms with van der Waals surface area (Å²) in [6.07, 6.45) is -0.233. The summed E-state index contributed by atoms with van der Waals surface area (Å²) in [6, 6.07) is -2.02. The Kier molecular flexibility index (Phi) is 8.51. The van der Waals surface area contributed by atoms with Crippen LogP contribution < -0.4 is 10.6 Å². The third kappa shape index (κ3) is 7.75. The number of nitrogens with one attached hydrogen (secondary N) is 2. The molecular formula is C12H21N3O6. The van der Waals surface area contributed by atoms with Gasteiger partial charge in [-0.25, -0.2) is 9.59 Å². The van der Waals surface area contributed by atoms with Crippen LogP contribution in [0.1, 0.15) is 19.8 Å². The van der Waals surface area contributed by atoms with Gasteiger partial charge in [-0.3, -0.25) is 9.59 Å². The van der Waals surface area contributed by atoms with E-state index in [9.17, 15) is 19.2 Å². The van der Waals surface area contributed by atoms with Crippen LogP contribution in [-0.2, 0) is 19.1 Å². The number of aliphatic carboxylic acids is 1. The van der Waals surface area contributed by atoms with Crippen molar-refractivity contribution >= 4 is 23.9 Å². The van der Waals surface area contributed by atoms with Crippen LogP contribution >= 0.6 is 0 Å². The van der Waals surface area contributed by atoms with Crippen molar-refractivity contribution in [1.29, 1.82) is 0 Å². The highest BCUT2D eigenvalue weighted by atomic mass is 16.5. The minimum atomic E-state index is -1.27. The molecule has 0 aromatic heterocycles. The third-order valence-electron chi connectivity index (χ3n) is 2.77. The molecule has 0 fully saturated rings. The number of ether oxygens (including phenoxy) is 1. The number of carboxylic acid groups (broad SMARTS) is 1. The van der Waals surface area contributed by atoms with Gasteiger partial charge in [-0.05, 0) is 13.3 Å². The molecule has 0 saturated carbocycles. The van der Waals surface area contributed by atoms with Gasteiger partial charge in [-0.15, -0.1) is 0 Å². The fraction of sp³-hybridized carbons (Fsp3) is 0.667. The van der Waals surface area contributed by atoms with Crippen molar-refractivity contribution in [3.63, 3.8) is 0 Å². The molecule has 9 heteroatoms. The zero-order chi connectivity index (χ0) is 16.4. The van der Waals surface area contributed by atoms with Crippen molar-refractivity contribution < 1.29 is 29.0 Å². The van der Waals surface area contributed by atoms with Gasteiger partial charge >= 0.3 is 18.0 Å². The maximum Gasteiger partial charge on any atom is 0.326 e. The minimum absolute atomic E-state index is 0.0990. The number of carbonyl (C=O) groups excluding carboxylic acids is 3. The Morgan fingerprint density at radius 3 is 2.38 bits per heavy atom. The van der Waals surface area contributed by atoms with Crippen LogP contribution in [0.5, 0.6) is 0 Å². The zero-order valence-corrected chi connectivity index (χ0v) is 12.3. The molecule has 0 spiro atoms. The van der Waals surface area contributed by atoms with Crippen LogP contribution in [0.4, 0.5) is 4.79 Å². The molecule has 0 radical (unpaired) electrons. The number of urea groups is 1. The molecule has 0 rings (SSSR count). The SMILES string of the molecule is CCN(C)C(=O)CNC(=O)N[C@@H](CCC(=O)OC)C(=O)O. The van der Waals surface area contributed by atoms with E-state index in [2.05, 4.69) is 15.4 Å². The van der Waals surface area contributed by atoms with E-state index in [4.69, 9.17) is 5.11 Å². The van der Waals surface area contributed by atoms with Crippen molar-refractivity contribution in [2.45, 2.75) is 25.8 Å². The summed E-state index contributed by atoms with van der Waals surface area (Å²) in [6.45, 7) is 2.05. The molecule has 1 atom stereocenters. The third-order valence-corrected chi connectivity index (χ3v) is 2.77. The van der Waals surface area contributed by atoms with Gasteiger partial charge in [0.15, 0.2) is 0 Å². The Labute approximate surface area is 122 Å². The van der Waals surface area contributed by atoms with Crippen LogP contribution in [0.3, 0.4) is 0 Å². The van der Waals surface area contributed by atoms with E-state index in [0.717, 1.165) is 0 Å². The molecule has 3 N–H and O–H groups in total. The number of nitrogens with zero attached hydrogens (tertiary/aromatic N) is 1. The molecule has 0 bridgehead atoms. The molecule has 0 aliphatic heterocycles. The number of methoxy groups -OCH3 is 1. The number of amides is 3. The Hall–Kier alpha value is -2.32.